The smallest absolute Gasteiger partial charge is 0.328 e. The summed E-state index contributed by atoms with van der Waals surface area (Å²) in [5.41, 5.74) is 5.21. The lowest BCUT2D eigenvalue weighted by Gasteiger charge is -2.18. The van der Waals surface area contributed by atoms with E-state index in [4.69, 9.17) is 21.1 Å². The van der Waals surface area contributed by atoms with E-state index in [9.17, 15) is 14.4 Å². The molecule has 0 aromatic carbocycles. The van der Waals surface area contributed by atoms with Crippen LogP contribution in [0.4, 0.5) is 0 Å². The van der Waals surface area contributed by atoms with Crippen LogP contribution in [0.2, 0.25) is 0 Å². The first-order chi connectivity index (χ1) is 7.31. The Bertz CT molecular complexity index is 292. The second kappa shape index (κ2) is 6.16. The van der Waals surface area contributed by atoms with Gasteiger partial charge in [-0.1, -0.05) is 0 Å². The molecular formula is C8H14N2O6. The SMILES string of the molecule is CC(=O)C(O)[C@H](N)C(=O)N[C@@H](CO)C(=O)O. The van der Waals surface area contributed by atoms with Gasteiger partial charge in [-0.25, -0.2) is 4.79 Å². The summed E-state index contributed by atoms with van der Waals surface area (Å²) in [6, 6.07) is -3.08. The van der Waals surface area contributed by atoms with Crippen molar-refractivity contribution in [3.05, 3.63) is 0 Å². The molecule has 0 spiro atoms. The summed E-state index contributed by atoms with van der Waals surface area (Å²) in [5.74, 6) is -3.18. The standard InChI is InChI=1S/C8H14N2O6/c1-3(12)6(13)5(9)7(14)10-4(2-11)8(15)16/h4-6,11,13H,2,9H2,1H3,(H,10,14)(H,15,16)/t4-,5-,6?/m0/s1. The quantitative estimate of drug-likeness (QED) is 0.325. The van der Waals surface area contributed by atoms with Gasteiger partial charge in [-0.15, -0.1) is 0 Å². The highest BCUT2D eigenvalue weighted by Gasteiger charge is 2.29. The fraction of sp³-hybridized carbons (Fsp3) is 0.625. The van der Waals surface area contributed by atoms with Gasteiger partial charge < -0.3 is 26.4 Å². The number of carboxylic acids is 1. The van der Waals surface area contributed by atoms with Gasteiger partial charge in [0.25, 0.3) is 0 Å². The average Bonchev–Trinajstić information content (AvgIpc) is 2.22. The van der Waals surface area contributed by atoms with Crippen LogP contribution < -0.4 is 11.1 Å². The molecule has 0 radical (unpaired) electrons. The lowest BCUT2D eigenvalue weighted by Crippen LogP contribution is -2.55. The molecule has 0 saturated carbocycles. The summed E-state index contributed by atoms with van der Waals surface area (Å²) in [6.07, 6.45) is -1.70. The molecule has 8 nitrogen and oxygen atoms in total. The van der Waals surface area contributed by atoms with Gasteiger partial charge in [0.2, 0.25) is 5.91 Å². The maximum Gasteiger partial charge on any atom is 0.328 e. The highest BCUT2D eigenvalue weighted by Crippen LogP contribution is 1.94. The first-order valence-electron chi connectivity index (χ1n) is 4.39. The molecule has 0 aliphatic carbocycles. The van der Waals surface area contributed by atoms with Gasteiger partial charge in [0, 0.05) is 0 Å². The van der Waals surface area contributed by atoms with Gasteiger partial charge in [-0.05, 0) is 6.92 Å². The lowest BCUT2D eigenvalue weighted by molar-refractivity contribution is -0.144. The molecule has 1 unspecified atom stereocenters. The molecule has 1 amide bonds. The van der Waals surface area contributed by atoms with Gasteiger partial charge in [-0.3, -0.25) is 9.59 Å². The van der Waals surface area contributed by atoms with Crippen LogP contribution in [-0.2, 0) is 14.4 Å². The molecule has 0 fully saturated rings. The molecule has 0 aliphatic heterocycles. The van der Waals surface area contributed by atoms with Crippen LogP contribution in [-0.4, -0.2) is 57.8 Å². The molecule has 8 heteroatoms. The van der Waals surface area contributed by atoms with Crippen LogP contribution in [0.5, 0.6) is 0 Å². The van der Waals surface area contributed by atoms with E-state index in [1.807, 2.05) is 5.32 Å². The minimum absolute atomic E-state index is 0.710. The zero-order valence-corrected chi connectivity index (χ0v) is 8.58. The van der Waals surface area contributed by atoms with E-state index < -0.39 is 42.5 Å². The number of rotatable bonds is 6. The van der Waals surface area contributed by atoms with Crippen molar-refractivity contribution in [1.29, 1.82) is 0 Å². The molecule has 0 aromatic rings. The van der Waals surface area contributed by atoms with Crippen LogP contribution >= 0.6 is 0 Å². The Morgan fingerprint density at radius 1 is 1.38 bits per heavy atom. The zero-order valence-electron chi connectivity index (χ0n) is 8.58. The van der Waals surface area contributed by atoms with E-state index in [1.54, 1.807) is 0 Å². The van der Waals surface area contributed by atoms with Gasteiger partial charge >= 0.3 is 5.97 Å². The van der Waals surface area contributed by atoms with E-state index in [-0.39, 0.29) is 0 Å². The Labute approximate surface area is 91.1 Å². The van der Waals surface area contributed by atoms with Crippen molar-refractivity contribution in [2.24, 2.45) is 5.73 Å². The van der Waals surface area contributed by atoms with Gasteiger partial charge in [0.05, 0.1) is 6.61 Å². The predicted molar refractivity (Wildman–Crippen MR) is 51.3 cm³/mol. The molecule has 3 atom stereocenters. The molecule has 0 aromatic heterocycles. The number of aliphatic hydroxyl groups is 2. The minimum Gasteiger partial charge on any atom is -0.480 e. The lowest BCUT2D eigenvalue weighted by atomic mass is 10.1. The van der Waals surface area contributed by atoms with Crippen LogP contribution in [0.3, 0.4) is 0 Å². The van der Waals surface area contributed by atoms with Crippen LogP contribution in [0, 0.1) is 0 Å². The van der Waals surface area contributed by atoms with Gasteiger partial charge in [0.15, 0.2) is 5.78 Å². The topological polar surface area (TPSA) is 150 Å². The number of aliphatic carboxylic acids is 1. The fourth-order valence-electron chi connectivity index (χ4n) is 0.850. The molecule has 6 N–H and O–H groups in total. The maximum atomic E-state index is 11.2. The summed E-state index contributed by atoms with van der Waals surface area (Å²) in [7, 11) is 0. The minimum atomic E-state index is -1.70. The Morgan fingerprint density at radius 2 is 1.88 bits per heavy atom. The van der Waals surface area contributed by atoms with Crippen molar-refractivity contribution in [2.45, 2.75) is 25.1 Å². The van der Waals surface area contributed by atoms with Crippen molar-refractivity contribution in [3.63, 3.8) is 0 Å². The third-order valence-electron chi connectivity index (χ3n) is 1.86. The zero-order chi connectivity index (χ0) is 12.9. The Hall–Kier alpha value is -1.51. The van der Waals surface area contributed by atoms with Crippen LogP contribution in [0.25, 0.3) is 0 Å². The van der Waals surface area contributed by atoms with E-state index in [0.717, 1.165) is 6.92 Å². The summed E-state index contributed by atoms with van der Waals surface area (Å²) in [4.78, 5) is 32.4. The first kappa shape index (κ1) is 14.5. The van der Waals surface area contributed by atoms with Gasteiger partial charge in [-0.2, -0.15) is 0 Å². The highest BCUT2D eigenvalue weighted by atomic mass is 16.4. The number of carbonyl (C=O) groups excluding carboxylic acids is 2. The number of hydrogen-bond acceptors (Lipinski definition) is 6. The average molecular weight is 234 g/mol. The number of nitrogens with two attached hydrogens (primary N) is 1. The largest absolute Gasteiger partial charge is 0.480 e. The fourth-order valence-corrected chi connectivity index (χ4v) is 0.850. The van der Waals surface area contributed by atoms with Crippen LogP contribution in [0.1, 0.15) is 6.92 Å². The summed E-state index contributed by atoms with van der Waals surface area (Å²) in [5, 5.41) is 28.1. The van der Waals surface area contributed by atoms with E-state index >= 15 is 0 Å². The molecule has 0 bridgehead atoms. The van der Waals surface area contributed by atoms with E-state index in [0.29, 0.717) is 0 Å². The first-order valence-corrected chi connectivity index (χ1v) is 4.39. The summed E-state index contributed by atoms with van der Waals surface area (Å²) in [6.45, 7) is 0.225. The van der Waals surface area contributed by atoms with Crippen molar-refractivity contribution < 1.29 is 29.7 Å². The summed E-state index contributed by atoms with van der Waals surface area (Å²) < 4.78 is 0. The Kier molecular flexibility index (Phi) is 5.57. The Balaban J connectivity index is 4.45. The number of nitrogens with one attached hydrogen (secondary N) is 1. The van der Waals surface area contributed by atoms with Crippen molar-refractivity contribution in [3.8, 4) is 0 Å². The number of amides is 1. The van der Waals surface area contributed by atoms with Crippen molar-refractivity contribution in [2.75, 3.05) is 6.61 Å². The predicted octanol–water partition coefficient (Wildman–Crippen LogP) is -3.17. The molecular weight excluding hydrogens is 220 g/mol. The second-order valence-electron chi connectivity index (χ2n) is 3.16. The number of hydrogen-bond donors (Lipinski definition) is 5. The normalized spacial score (nSPS) is 16.0. The molecule has 0 aliphatic rings. The third-order valence-corrected chi connectivity index (χ3v) is 1.86. The van der Waals surface area contributed by atoms with Crippen molar-refractivity contribution >= 4 is 17.7 Å². The van der Waals surface area contributed by atoms with Crippen LogP contribution in [0.15, 0.2) is 0 Å². The monoisotopic (exact) mass is 234 g/mol. The second-order valence-corrected chi connectivity index (χ2v) is 3.16. The number of carbonyl (C=O) groups is 3. The van der Waals surface area contributed by atoms with E-state index in [1.165, 1.54) is 0 Å². The number of carboxylic acid groups (broad SMARTS) is 1. The number of ketones is 1. The Morgan fingerprint density at radius 3 is 2.19 bits per heavy atom. The number of aliphatic hydroxyl groups excluding tert-OH is 2. The van der Waals surface area contributed by atoms with Crippen molar-refractivity contribution in [1.82, 2.24) is 5.32 Å². The molecule has 92 valence electrons. The highest BCUT2D eigenvalue weighted by molar-refractivity contribution is 5.93. The maximum absolute atomic E-state index is 11.2. The summed E-state index contributed by atoms with van der Waals surface area (Å²) >= 11 is 0. The molecule has 16 heavy (non-hydrogen) atoms. The number of Topliss-reactive ketones (excluding diaryl/α,β-unsaturated/α-hetero) is 1. The third kappa shape index (κ3) is 3.93. The van der Waals surface area contributed by atoms with Gasteiger partial charge in [0.1, 0.15) is 18.2 Å². The molecule has 0 rings (SSSR count). The van der Waals surface area contributed by atoms with E-state index in [2.05, 4.69) is 0 Å². The molecule has 0 heterocycles. The molecule has 0 saturated heterocycles.